The summed E-state index contributed by atoms with van der Waals surface area (Å²) in [7, 11) is 0. The van der Waals surface area contributed by atoms with Crippen LogP contribution < -0.4 is 10.6 Å². The third-order valence-corrected chi connectivity index (χ3v) is 1.73. The van der Waals surface area contributed by atoms with Crippen molar-refractivity contribution in [1.29, 1.82) is 0 Å². The van der Waals surface area contributed by atoms with Gasteiger partial charge in [-0.2, -0.15) is 0 Å². The fourth-order valence-corrected chi connectivity index (χ4v) is 1.01. The number of rotatable bonds is 3. The van der Waals surface area contributed by atoms with Crippen molar-refractivity contribution in [3.8, 4) is 0 Å². The highest BCUT2D eigenvalue weighted by Gasteiger charge is 2.11. The van der Waals surface area contributed by atoms with Gasteiger partial charge in [0.1, 0.15) is 17.3 Å². The molecule has 0 heterocycles. The number of benzene rings is 1. The summed E-state index contributed by atoms with van der Waals surface area (Å²) < 4.78 is 26.1. The third-order valence-electron chi connectivity index (χ3n) is 1.73. The number of hydrogen-bond donors (Lipinski definition) is 2. The molecule has 1 rings (SSSR count). The zero-order chi connectivity index (χ0) is 12.1. The molecule has 0 spiro atoms. The Morgan fingerprint density at radius 3 is 2.31 bits per heavy atom. The summed E-state index contributed by atoms with van der Waals surface area (Å²) in [5, 5.41) is 4.24. The van der Waals surface area contributed by atoms with Crippen LogP contribution in [0.1, 0.15) is 6.92 Å². The Morgan fingerprint density at radius 1 is 1.25 bits per heavy atom. The zero-order valence-electron chi connectivity index (χ0n) is 8.51. The van der Waals surface area contributed by atoms with Crippen molar-refractivity contribution in [3.63, 3.8) is 0 Å². The monoisotopic (exact) mass is 228 g/mol. The van der Waals surface area contributed by atoms with Crippen molar-refractivity contribution in [2.45, 2.75) is 6.92 Å². The number of anilines is 1. The van der Waals surface area contributed by atoms with E-state index in [1.165, 1.54) is 13.0 Å². The lowest BCUT2D eigenvalue weighted by Crippen LogP contribution is -2.31. The molecule has 0 unspecified atom stereocenters. The minimum atomic E-state index is -0.865. The van der Waals surface area contributed by atoms with Crippen molar-refractivity contribution in [2.75, 3.05) is 11.9 Å². The van der Waals surface area contributed by atoms with E-state index in [9.17, 15) is 18.4 Å². The van der Waals surface area contributed by atoms with E-state index in [0.717, 1.165) is 12.1 Å². The number of amides is 2. The number of nitrogens with one attached hydrogen (secondary N) is 2. The van der Waals surface area contributed by atoms with Crippen LogP contribution >= 0.6 is 0 Å². The first-order valence-electron chi connectivity index (χ1n) is 4.49. The van der Waals surface area contributed by atoms with Gasteiger partial charge in [-0.3, -0.25) is 9.59 Å². The number of hydrogen-bond acceptors (Lipinski definition) is 2. The van der Waals surface area contributed by atoms with Gasteiger partial charge in [-0.25, -0.2) is 8.78 Å². The quantitative estimate of drug-likeness (QED) is 0.812. The minimum Gasteiger partial charge on any atom is -0.347 e. The predicted molar refractivity (Wildman–Crippen MR) is 53.7 cm³/mol. The van der Waals surface area contributed by atoms with Gasteiger partial charge >= 0.3 is 0 Å². The Bertz CT molecular complexity index is 401. The molecule has 16 heavy (non-hydrogen) atoms. The molecule has 2 amide bonds. The van der Waals surface area contributed by atoms with E-state index in [0.29, 0.717) is 0 Å². The summed E-state index contributed by atoms with van der Waals surface area (Å²) in [6.45, 7) is 0.903. The van der Waals surface area contributed by atoms with Gasteiger partial charge in [0, 0.05) is 6.92 Å². The molecule has 1 aromatic carbocycles. The highest BCUT2D eigenvalue weighted by atomic mass is 19.1. The van der Waals surface area contributed by atoms with Crippen molar-refractivity contribution >= 4 is 17.5 Å². The fourth-order valence-electron chi connectivity index (χ4n) is 1.01. The summed E-state index contributed by atoms with van der Waals surface area (Å²) >= 11 is 0. The Balaban J connectivity index is 2.66. The molecule has 0 aromatic heterocycles. The number of halogens is 2. The third kappa shape index (κ3) is 3.30. The summed E-state index contributed by atoms with van der Waals surface area (Å²) in [6.07, 6.45) is 0. The van der Waals surface area contributed by atoms with Gasteiger partial charge in [0.2, 0.25) is 11.8 Å². The second-order valence-electron chi connectivity index (χ2n) is 3.05. The smallest absolute Gasteiger partial charge is 0.243 e. The molecule has 86 valence electrons. The first-order chi connectivity index (χ1) is 7.50. The summed E-state index contributed by atoms with van der Waals surface area (Å²) in [6, 6.07) is 3.24. The first-order valence-corrected chi connectivity index (χ1v) is 4.49. The average molecular weight is 228 g/mol. The highest BCUT2D eigenvalue weighted by Crippen LogP contribution is 2.17. The van der Waals surface area contributed by atoms with E-state index in [1.807, 2.05) is 5.32 Å². The number of carbonyl (C=O) groups is 2. The van der Waals surface area contributed by atoms with Gasteiger partial charge in [-0.05, 0) is 12.1 Å². The number of carbonyl (C=O) groups excluding carboxylic acids is 2. The van der Waals surface area contributed by atoms with Gasteiger partial charge in [0.25, 0.3) is 0 Å². The summed E-state index contributed by atoms with van der Waals surface area (Å²) in [5.41, 5.74) is -0.516. The van der Waals surface area contributed by atoms with Crippen LogP contribution in [0.3, 0.4) is 0 Å². The van der Waals surface area contributed by atoms with Crippen molar-refractivity contribution in [3.05, 3.63) is 29.8 Å². The summed E-state index contributed by atoms with van der Waals surface area (Å²) in [4.78, 5) is 21.7. The minimum absolute atomic E-state index is 0.330. The SMILES string of the molecule is CC(=O)NCC(=O)Nc1c(F)cccc1F. The van der Waals surface area contributed by atoms with Crippen LogP contribution in [-0.2, 0) is 9.59 Å². The van der Waals surface area contributed by atoms with Crippen molar-refractivity contribution < 1.29 is 18.4 Å². The van der Waals surface area contributed by atoms with Gasteiger partial charge in [-0.1, -0.05) is 6.07 Å². The lowest BCUT2D eigenvalue weighted by Gasteiger charge is -2.07. The maximum atomic E-state index is 13.1. The summed E-state index contributed by atoms with van der Waals surface area (Å²) in [5.74, 6) is -2.82. The molecule has 6 heteroatoms. The van der Waals surface area contributed by atoms with Gasteiger partial charge in [-0.15, -0.1) is 0 Å². The standard InChI is InChI=1S/C10H10F2N2O2/c1-6(15)13-5-9(16)14-10-7(11)3-2-4-8(10)12/h2-4H,5H2,1H3,(H,13,15)(H,14,16). The van der Waals surface area contributed by atoms with Crippen molar-refractivity contribution in [2.24, 2.45) is 0 Å². The lowest BCUT2D eigenvalue weighted by molar-refractivity contribution is -0.122. The zero-order valence-corrected chi connectivity index (χ0v) is 8.51. The predicted octanol–water partition coefficient (Wildman–Crippen LogP) is 1.04. The van der Waals surface area contributed by atoms with Crippen LogP contribution in [0.2, 0.25) is 0 Å². The van der Waals surface area contributed by atoms with Crippen LogP contribution in [0.5, 0.6) is 0 Å². The van der Waals surface area contributed by atoms with E-state index < -0.39 is 29.1 Å². The fraction of sp³-hybridized carbons (Fsp3) is 0.200. The molecule has 0 fully saturated rings. The molecule has 1 aromatic rings. The molecule has 2 N–H and O–H groups in total. The van der Waals surface area contributed by atoms with E-state index in [4.69, 9.17) is 0 Å². The largest absolute Gasteiger partial charge is 0.347 e. The van der Waals surface area contributed by atoms with Crippen LogP contribution in [0.25, 0.3) is 0 Å². The highest BCUT2D eigenvalue weighted by molar-refractivity contribution is 5.94. The molecule has 0 aliphatic carbocycles. The van der Waals surface area contributed by atoms with E-state index in [-0.39, 0.29) is 6.54 Å². The van der Waals surface area contributed by atoms with Crippen LogP contribution in [0.15, 0.2) is 18.2 Å². The Kier molecular flexibility index (Phi) is 3.93. The molecule has 0 aliphatic rings. The van der Waals surface area contributed by atoms with Crippen LogP contribution in [-0.4, -0.2) is 18.4 Å². The molecule has 0 saturated heterocycles. The maximum Gasteiger partial charge on any atom is 0.243 e. The Morgan fingerprint density at radius 2 is 1.81 bits per heavy atom. The molecule has 0 radical (unpaired) electrons. The normalized spacial score (nSPS) is 9.69. The maximum absolute atomic E-state index is 13.1. The van der Waals surface area contributed by atoms with Gasteiger partial charge in [0.15, 0.2) is 0 Å². The van der Waals surface area contributed by atoms with Crippen LogP contribution in [0, 0.1) is 11.6 Å². The molecule has 0 bridgehead atoms. The molecule has 0 saturated carbocycles. The first kappa shape index (κ1) is 12.1. The number of para-hydroxylation sites is 1. The Labute approximate surface area is 90.6 Å². The molecular weight excluding hydrogens is 218 g/mol. The Hall–Kier alpha value is -1.98. The molecule has 0 atom stereocenters. The van der Waals surface area contributed by atoms with Crippen LogP contribution in [0.4, 0.5) is 14.5 Å². The molecular formula is C10H10F2N2O2. The average Bonchev–Trinajstić information content (AvgIpc) is 2.21. The lowest BCUT2D eigenvalue weighted by atomic mass is 10.3. The van der Waals surface area contributed by atoms with Gasteiger partial charge in [0.05, 0.1) is 6.54 Å². The van der Waals surface area contributed by atoms with E-state index >= 15 is 0 Å². The molecule has 0 aliphatic heterocycles. The van der Waals surface area contributed by atoms with Crippen molar-refractivity contribution in [1.82, 2.24) is 5.32 Å². The van der Waals surface area contributed by atoms with Gasteiger partial charge < -0.3 is 10.6 Å². The van der Waals surface area contributed by atoms with E-state index in [1.54, 1.807) is 0 Å². The second kappa shape index (κ2) is 5.20. The molecule has 4 nitrogen and oxygen atoms in total. The second-order valence-corrected chi connectivity index (χ2v) is 3.05. The topological polar surface area (TPSA) is 58.2 Å². The van der Waals surface area contributed by atoms with E-state index in [2.05, 4.69) is 5.32 Å².